The molecule has 0 aliphatic rings. The van der Waals surface area contributed by atoms with Crippen LogP contribution in [0.4, 0.5) is 13.2 Å². The average molecular weight is 468 g/mol. The Morgan fingerprint density at radius 1 is 1.06 bits per heavy atom. The molecule has 32 heavy (non-hydrogen) atoms. The van der Waals surface area contributed by atoms with Crippen molar-refractivity contribution in [3.63, 3.8) is 0 Å². The number of aliphatic carboxylic acids is 1. The molecule has 0 aliphatic heterocycles. The number of methoxy groups -OCH3 is 4. The molecule has 0 saturated carbocycles. The summed E-state index contributed by atoms with van der Waals surface area (Å²) in [5, 5.41) is 9.86. The van der Waals surface area contributed by atoms with E-state index in [1.165, 1.54) is 28.4 Å². The number of hydrogen-bond acceptors (Lipinski definition) is 8. The Bertz CT molecular complexity index is 761. The molecule has 0 bridgehead atoms. The van der Waals surface area contributed by atoms with Crippen molar-refractivity contribution < 1.29 is 51.6 Å². The number of carboxylic acids is 1. The first-order chi connectivity index (χ1) is 14.8. The first-order valence-corrected chi connectivity index (χ1v) is 9.02. The van der Waals surface area contributed by atoms with E-state index in [1.54, 1.807) is 19.1 Å². The van der Waals surface area contributed by atoms with Gasteiger partial charge in [0.25, 0.3) is 0 Å². The Morgan fingerprint density at radius 2 is 1.53 bits per heavy atom. The van der Waals surface area contributed by atoms with Crippen molar-refractivity contribution in [3.8, 4) is 17.2 Å². The molecule has 1 aromatic carbocycles. The van der Waals surface area contributed by atoms with Gasteiger partial charge in [0.2, 0.25) is 11.7 Å². The molecule has 10 nitrogen and oxygen atoms in total. The van der Waals surface area contributed by atoms with Crippen LogP contribution in [0.15, 0.2) is 12.1 Å². The van der Waals surface area contributed by atoms with Crippen LogP contribution in [0.2, 0.25) is 0 Å². The Labute approximate surface area is 182 Å². The highest BCUT2D eigenvalue weighted by atomic mass is 19.4. The van der Waals surface area contributed by atoms with Gasteiger partial charge >= 0.3 is 18.1 Å². The van der Waals surface area contributed by atoms with Crippen LogP contribution in [-0.4, -0.2) is 63.6 Å². The monoisotopic (exact) mass is 468 g/mol. The lowest BCUT2D eigenvalue weighted by Gasteiger charge is -2.17. The fourth-order valence-electron chi connectivity index (χ4n) is 2.34. The molecule has 2 atom stereocenters. The Kier molecular flexibility index (Phi) is 11.9. The fourth-order valence-corrected chi connectivity index (χ4v) is 2.34. The van der Waals surface area contributed by atoms with Gasteiger partial charge in [-0.15, -0.1) is 0 Å². The van der Waals surface area contributed by atoms with Crippen molar-refractivity contribution >= 4 is 17.8 Å². The zero-order chi connectivity index (χ0) is 25.1. The first kappa shape index (κ1) is 28.8. The summed E-state index contributed by atoms with van der Waals surface area (Å²) in [4.78, 5) is 32.4. The van der Waals surface area contributed by atoms with Gasteiger partial charge in [0.15, 0.2) is 11.5 Å². The number of ether oxygens (including phenoxy) is 4. The SMILES string of the molecule is COC(=O)[C@@H](C)C[C@H](N)C(=O)NCc1cc(OC)c(OC)c(OC)c1.O=C(O)C(F)(F)F. The topological polar surface area (TPSA) is 146 Å². The maximum Gasteiger partial charge on any atom is 0.490 e. The largest absolute Gasteiger partial charge is 0.493 e. The second kappa shape index (κ2) is 13.2. The minimum Gasteiger partial charge on any atom is -0.493 e. The highest BCUT2D eigenvalue weighted by Gasteiger charge is 2.38. The van der Waals surface area contributed by atoms with E-state index >= 15 is 0 Å². The average Bonchev–Trinajstić information content (AvgIpc) is 2.75. The normalized spacial score (nSPS) is 12.4. The molecule has 1 aromatic rings. The summed E-state index contributed by atoms with van der Waals surface area (Å²) in [6.45, 7) is 1.90. The van der Waals surface area contributed by atoms with Crippen LogP contribution in [0.3, 0.4) is 0 Å². The van der Waals surface area contributed by atoms with Crippen molar-refractivity contribution in [2.24, 2.45) is 11.7 Å². The quantitative estimate of drug-likeness (QED) is 0.459. The lowest BCUT2D eigenvalue weighted by atomic mass is 10.0. The van der Waals surface area contributed by atoms with Crippen molar-refractivity contribution in [3.05, 3.63) is 17.7 Å². The number of carbonyl (C=O) groups is 3. The molecule has 4 N–H and O–H groups in total. The zero-order valence-corrected chi connectivity index (χ0v) is 18.2. The van der Waals surface area contributed by atoms with E-state index in [4.69, 9.17) is 29.8 Å². The van der Waals surface area contributed by atoms with Crippen LogP contribution in [0.25, 0.3) is 0 Å². The number of alkyl halides is 3. The van der Waals surface area contributed by atoms with Crippen LogP contribution in [-0.2, 0) is 25.7 Å². The van der Waals surface area contributed by atoms with Crippen LogP contribution < -0.4 is 25.3 Å². The summed E-state index contributed by atoms with van der Waals surface area (Å²) < 4.78 is 52.2. The third-order valence-electron chi connectivity index (χ3n) is 3.98. The summed E-state index contributed by atoms with van der Waals surface area (Å²) >= 11 is 0. The second-order valence-electron chi connectivity index (χ2n) is 6.32. The zero-order valence-electron chi connectivity index (χ0n) is 18.2. The molecule has 13 heteroatoms. The van der Waals surface area contributed by atoms with E-state index < -0.39 is 30.1 Å². The summed E-state index contributed by atoms with van der Waals surface area (Å²) in [5.41, 5.74) is 6.60. The lowest BCUT2D eigenvalue weighted by molar-refractivity contribution is -0.192. The highest BCUT2D eigenvalue weighted by Crippen LogP contribution is 2.38. The number of halogens is 3. The molecule has 0 unspecified atom stereocenters. The molecule has 0 aliphatic carbocycles. The minimum absolute atomic E-state index is 0.202. The van der Waals surface area contributed by atoms with E-state index in [9.17, 15) is 22.8 Å². The number of nitrogens with one attached hydrogen (secondary N) is 1. The number of amides is 1. The van der Waals surface area contributed by atoms with Crippen molar-refractivity contribution in [2.45, 2.75) is 32.1 Å². The van der Waals surface area contributed by atoms with Crippen LogP contribution >= 0.6 is 0 Å². The first-order valence-electron chi connectivity index (χ1n) is 9.02. The van der Waals surface area contributed by atoms with Crippen molar-refractivity contribution in [1.82, 2.24) is 5.32 Å². The minimum atomic E-state index is -5.08. The standard InChI is InChI=1S/C17H26N2O6.C2HF3O2/c1-10(17(21)25-5)6-12(18)16(20)19-9-11-7-13(22-2)15(24-4)14(8-11)23-3;3-2(4,5)1(6)7/h7-8,10,12H,6,9,18H2,1-5H3,(H,19,20);(H,6,7)/t10-,12-;/m0./s1. The smallest absolute Gasteiger partial charge is 0.490 e. The second-order valence-corrected chi connectivity index (χ2v) is 6.32. The summed E-state index contributed by atoms with van der Waals surface area (Å²) in [7, 11) is 5.85. The molecule has 0 heterocycles. The molecule has 0 aromatic heterocycles. The van der Waals surface area contributed by atoms with E-state index in [2.05, 4.69) is 10.1 Å². The molecule has 0 radical (unpaired) electrons. The number of rotatable bonds is 9. The Hall–Kier alpha value is -3.22. The lowest BCUT2D eigenvalue weighted by Crippen LogP contribution is -2.42. The number of nitrogens with two attached hydrogens (primary N) is 1. The third-order valence-corrected chi connectivity index (χ3v) is 3.98. The molecular weight excluding hydrogens is 441 g/mol. The number of esters is 1. The van der Waals surface area contributed by atoms with Gasteiger partial charge < -0.3 is 35.1 Å². The number of benzene rings is 1. The van der Waals surface area contributed by atoms with E-state index in [1.807, 2.05) is 0 Å². The van der Waals surface area contributed by atoms with Crippen LogP contribution in [0.1, 0.15) is 18.9 Å². The molecular formula is C19H27F3N2O8. The van der Waals surface area contributed by atoms with Gasteiger partial charge in [-0.1, -0.05) is 6.92 Å². The molecule has 1 rings (SSSR count). The van der Waals surface area contributed by atoms with Gasteiger partial charge in [-0.25, -0.2) is 4.79 Å². The highest BCUT2D eigenvalue weighted by molar-refractivity contribution is 5.82. The Balaban J connectivity index is 0.00000118. The number of hydrogen-bond donors (Lipinski definition) is 3. The van der Waals surface area contributed by atoms with E-state index in [0.717, 1.165) is 5.56 Å². The summed E-state index contributed by atoms with van der Waals surface area (Å²) in [5.74, 6) is -2.50. The van der Waals surface area contributed by atoms with Gasteiger partial charge in [-0.3, -0.25) is 9.59 Å². The van der Waals surface area contributed by atoms with Crippen LogP contribution in [0.5, 0.6) is 17.2 Å². The molecule has 0 spiro atoms. The van der Waals surface area contributed by atoms with Gasteiger partial charge in [-0.2, -0.15) is 13.2 Å². The predicted octanol–water partition coefficient (Wildman–Crippen LogP) is 1.49. The van der Waals surface area contributed by atoms with E-state index in [0.29, 0.717) is 17.2 Å². The summed E-state index contributed by atoms with van der Waals surface area (Å²) in [6, 6.07) is 2.67. The molecule has 182 valence electrons. The maximum absolute atomic E-state index is 12.1. The molecule has 0 fully saturated rings. The maximum atomic E-state index is 12.1. The molecule has 1 amide bonds. The van der Waals surface area contributed by atoms with E-state index in [-0.39, 0.29) is 18.9 Å². The van der Waals surface area contributed by atoms with Crippen LogP contribution in [0, 0.1) is 5.92 Å². The van der Waals surface area contributed by atoms with Gasteiger partial charge in [0, 0.05) is 6.54 Å². The Morgan fingerprint density at radius 3 is 1.88 bits per heavy atom. The van der Waals surface area contributed by atoms with Gasteiger partial charge in [0.1, 0.15) is 0 Å². The third kappa shape index (κ3) is 9.29. The fraction of sp³-hybridized carbons (Fsp3) is 0.526. The van der Waals surface area contributed by atoms with Crippen molar-refractivity contribution in [2.75, 3.05) is 28.4 Å². The van der Waals surface area contributed by atoms with Gasteiger partial charge in [0.05, 0.1) is 40.4 Å². The molecule has 0 saturated heterocycles. The predicted molar refractivity (Wildman–Crippen MR) is 105 cm³/mol. The van der Waals surface area contributed by atoms with Gasteiger partial charge in [-0.05, 0) is 24.1 Å². The number of carboxylic acid groups (broad SMARTS) is 1. The van der Waals surface area contributed by atoms with Crippen molar-refractivity contribution in [1.29, 1.82) is 0 Å². The number of carbonyl (C=O) groups excluding carboxylic acids is 2. The summed E-state index contributed by atoms with van der Waals surface area (Å²) in [6.07, 6.45) is -4.88.